The van der Waals surface area contributed by atoms with Gasteiger partial charge in [-0.05, 0) is 26.2 Å². The molecule has 0 radical (unpaired) electrons. The topological polar surface area (TPSA) is 50.4 Å². The molecule has 0 aliphatic heterocycles. The molecule has 1 fully saturated rings. The number of aliphatic imine (C=N–C) groups is 1. The predicted octanol–water partition coefficient (Wildman–Crippen LogP) is 2.41. The van der Waals surface area contributed by atoms with Gasteiger partial charge in [-0.2, -0.15) is 0 Å². The summed E-state index contributed by atoms with van der Waals surface area (Å²) in [6, 6.07) is 0.919. The number of guanidine groups is 1. The van der Waals surface area contributed by atoms with E-state index in [2.05, 4.69) is 24.2 Å². The lowest BCUT2D eigenvalue weighted by atomic mass is 9.96. The number of hydrogen-bond acceptors (Lipinski definition) is 1. The summed E-state index contributed by atoms with van der Waals surface area (Å²) < 4.78 is 0. The maximum Gasteiger partial charge on any atom is 0.189 e. The Morgan fingerprint density at radius 1 is 1.40 bits per heavy atom. The Labute approximate surface area is 93.5 Å². The van der Waals surface area contributed by atoms with E-state index in [1.165, 1.54) is 38.5 Å². The third-order valence-corrected chi connectivity index (χ3v) is 3.01. The van der Waals surface area contributed by atoms with Crippen LogP contribution in [0.3, 0.4) is 0 Å². The monoisotopic (exact) mass is 211 g/mol. The molecule has 1 atom stereocenters. The van der Waals surface area contributed by atoms with Crippen LogP contribution in [-0.2, 0) is 0 Å². The maximum absolute atomic E-state index is 5.87. The lowest BCUT2D eigenvalue weighted by molar-refractivity contribution is 0.441. The number of nitrogens with two attached hydrogens (primary N) is 1. The van der Waals surface area contributed by atoms with Gasteiger partial charge in [0.15, 0.2) is 5.96 Å². The highest BCUT2D eigenvalue weighted by atomic mass is 15.1. The molecule has 1 rings (SSSR count). The van der Waals surface area contributed by atoms with Crippen molar-refractivity contribution in [2.45, 2.75) is 70.9 Å². The first kappa shape index (κ1) is 12.3. The van der Waals surface area contributed by atoms with Gasteiger partial charge in [0.2, 0.25) is 0 Å². The highest BCUT2D eigenvalue weighted by Crippen LogP contribution is 2.19. The zero-order valence-electron chi connectivity index (χ0n) is 10.1. The second-order valence-corrected chi connectivity index (χ2v) is 4.64. The maximum atomic E-state index is 5.87. The first-order valence-electron chi connectivity index (χ1n) is 6.32. The molecule has 88 valence electrons. The molecule has 1 unspecified atom stereocenters. The van der Waals surface area contributed by atoms with Gasteiger partial charge in [0.25, 0.3) is 0 Å². The van der Waals surface area contributed by atoms with Crippen molar-refractivity contribution >= 4 is 5.96 Å². The van der Waals surface area contributed by atoms with E-state index in [0.717, 1.165) is 6.42 Å². The fourth-order valence-corrected chi connectivity index (χ4v) is 2.20. The molecule has 0 aromatic heterocycles. The van der Waals surface area contributed by atoms with Crippen LogP contribution in [0, 0.1) is 0 Å². The van der Waals surface area contributed by atoms with E-state index in [-0.39, 0.29) is 0 Å². The minimum Gasteiger partial charge on any atom is -0.370 e. The van der Waals surface area contributed by atoms with Gasteiger partial charge in [-0.25, -0.2) is 0 Å². The van der Waals surface area contributed by atoms with E-state index in [1.807, 2.05) is 0 Å². The first-order valence-corrected chi connectivity index (χ1v) is 6.32. The average Bonchev–Trinajstić information content (AvgIpc) is 2.19. The number of nitrogens with one attached hydrogen (secondary N) is 1. The summed E-state index contributed by atoms with van der Waals surface area (Å²) in [5.41, 5.74) is 5.87. The van der Waals surface area contributed by atoms with Crippen LogP contribution in [-0.4, -0.2) is 18.0 Å². The molecule has 0 spiro atoms. The van der Waals surface area contributed by atoms with Crippen molar-refractivity contribution in [2.75, 3.05) is 0 Å². The van der Waals surface area contributed by atoms with Crippen molar-refractivity contribution in [3.05, 3.63) is 0 Å². The molecule has 1 aliphatic rings. The van der Waals surface area contributed by atoms with Crippen LogP contribution in [0.5, 0.6) is 0 Å². The van der Waals surface area contributed by atoms with Crippen LogP contribution in [0.4, 0.5) is 0 Å². The zero-order chi connectivity index (χ0) is 11.1. The molecule has 3 heteroatoms. The van der Waals surface area contributed by atoms with Gasteiger partial charge in [-0.3, -0.25) is 4.99 Å². The van der Waals surface area contributed by atoms with Gasteiger partial charge in [0.05, 0.1) is 6.04 Å². The fraction of sp³-hybridized carbons (Fsp3) is 0.917. The van der Waals surface area contributed by atoms with Gasteiger partial charge in [0.1, 0.15) is 0 Å². The normalized spacial score (nSPS) is 21.3. The molecular weight excluding hydrogens is 186 g/mol. The highest BCUT2D eigenvalue weighted by molar-refractivity contribution is 5.78. The Kier molecular flexibility index (Phi) is 5.51. The lowest BCUT2D eigenvalue weighted by Gasteiger charge is -2.20. The summed E-state index contributed by atoms with van der Waals surface area (Å²) in [4.78, 5) is 4.54. The molecule has 15 heavy (non-hydrogen) atoms. The van der Waals surface area contributed by atoms with Crippen LogP contribution in [0.15, 0.2) is 4.99 Å². The molecule has 0 aromatic rings. The molecule has 1 saturated carbocycles. The lowest BCUT2D eigenvalue weighted by Crippen LogP contribution is -2.39. The number of hydrogen-bond donors (Lipinski definition) is 2. The molecule has 3 N–H and O–H groups in total. The van der Waals surface area contributed by atoms with Gasteiger partial charge in [-0.15, -0.1) is 0 Å². The third kappa shape index (κ3) is 5.05. The molecule has 0 bridgehead atoms. The van der Waals surface area contributed by atoms with E-state index in [4.69, 9.17) is 5.73 Å². The molecule has 0 aromatic carbocycles. The fourth-order valence-electron chi connectivity index (χ4n) is 2.20. The van der Waals surface area contributed by atoms with Crippen LogP contribution in [0.25, 0.3) is 0 Å². The average molecular weight is 211 g/mol. The third-order valence-electron chi connectivity index (χ3n) is 3.01. The Morgan fingerprint density at radius 2 is 2.07 bits per heavy atom. The largest absolute Gasteiger partial charge is 0.370 e. The Bertz CT molecular complexity index is 195. The molecule has 0 amide bonds. The minimum absolute atomic E-state index is 0.447. The Balaban J connectivity index is 2.30. The van der Waals surface area contributed by atoms with E-state index in [0.29, 0.717) is 18.0 Å². The van der Waals surface area contributed by atoms with Crippen molar-refractivity contribution in [1.29, 1.82) is 0 Å². The van der Waals surface area contributed by atoms with Crippen molar-refractivity contribution in [3.8, 4) is 0 Å². The number of nitrogens with zero attached hydrogens (tertiary/aromatic N) is 1. The van der Waals surface area contributed by atoms with Crippen molar-refractivity contribution in [3.63, 3.8) is 0 Å². The Hall–Kier alpha value is -0.730. The molecule has 1 aliphatic carbocycles. The minimum atomic E-state index is 0.447. The van der Waals surface area contributed by atoms with Crippen LogP contribution in [0.1, 0.15) is 58.8 Å². The van der Waals surface area contributed by atoms with Gasteiger partial charge in [0, 0.05) is 6.04 Å². The zero-order valence-corrected chi connectivity index (χ0v) is 10.1. The standard InChI is InChI=1S/C12H25N3/c1-3-7-10(2)14-12(13)15-11-8-5-4-6-9-11/h10-11H,3-9H2,1-2H3,(H3,13,14,15). The highest BCUT2D eigenvalue weighted by Gasteiger charge is 2.12. The second kappa shape index (κ2) is 6.70. The van der Waals surface area contributed by atoms with E-state index < -0.39 is 0 Å². The first-order chi connectivity index (χ1) is 7.22. The molecule has 0 saturated heterocycles. The summed E-state index contributed by atoms with van der Waals surface area (Å²) in [5.74, 6) is 0.642. The van der Waals surface area contributed by atoms with E-state index in [1.54, 1.807) is 0 Å². The van der Waals surface area contributed by atoms with Gasteiger partial charge >= 0.3 is 0 Å². The molecule has 3 nitrogen and oxygen atoms in total. The van der Waals surface area contributed by atoms with Crippen LogP contribution < -0.4 is 11.1 Å². The van der Waals surface area contributed by atoms with Crippen molar-refractivity contribution < 1.29 is 0 Å². The van der Waals surface area contributed by atoms with Gasteiger partial charge < -0.3 is 11.1 Å². The summed E-state index contributed by atoms with van der Waals surface area (Å²) in [6.45, 7) is 4.35. The van der Waals surface area contributed by atoms with E-state index in [9.17, 15) is 0 Å². The van der Waals surface area contributed by atoms with E-state index >= 15 is 0 Å². The summed E-state index contributed by atoms with van der Waals surface area (Å²) in [6.07, 6.45) is 8.75. The van der Waals surface area contributed by atoms with Crippen molar-refractivity contribution in [1.82, 2.24) is 5.32 Å². The summed E-state index contributed by atoms with van der Waals surface area (Å²) in [7, 11) is 0. The number of rotatable bonds is 4. The van der Waals surface area contributed by atoms with Gasteiger partial charge in [-0.1, -0.05) is 32.6 Å². The smallest absolute Gasteiger partial charge is 0.189 e. The molecule has 0 heterocycles. The Morgan fingerprint density at radius 3 is 2.67 bits per heavy atom. The second-order valence-electron chi connectivity index (χ2n) is 4.64. The van der Waals surface area contributed by atoms with Crippen molar-refractivity contribution in [2.24, 2.45) is 10.7 Å². The quantitative estimate of drug-likeness (QED) is 0.554. The summed E-state index contributed by atoms with van der Waals surface area (Å²) >= 11 is 0. The SMILES string of the molecule is CCCC(C)NC(N)=NC1CCCCC1. The van der Waals surface area contributed by atoms with Crippen LogP contribution in [0.2, 0.25) is 0 Å². The van der Waals surface area contributed by atoms with Crippen LogP contribution >= 0.6 is 0 Å². The predicted molar refractivity (Wildman–Crippen MR) is 66.0 cm³/mol. The molecular formula is C12H25N3. The summed E-state index contributed by atoms with van der Waals surface area (Å²) in [5, 5.41) is 3.26.